The molecule has 0 aliphatic heterocycles. The third kappa shape index (κ3) is 3.47. The second kappa shape index (κ2) is 6.54. The molecule has 8 nitrogen and oxygen atoms in total. The first-order chi connectivity index (χ1) is 11.9. The van der Waals surface area contributed by atoms with Gasteiger partial charge in [0.05, 0.1) is 35.1 Å². The molecule has 0 saturated heterocycles. The Labute approximate surface area is 144 Å². The van der Waals surface area contributed by atoms with E-state index in [9.17, 15) is 13.2 Å². The fourth-order valence-corrected chi connectivity index (χ4v) is 3.40. The molecule has 0 radical (unpaired) electrons. The lowest BCUT2D eigenvalue weighted by Crippen LogP contribution is -2.24. The maximum atomic E-state index is 12.4. The molecule has 0 aliphatic carbocycles. The number of aromatic amines is 1. The first-order valence-corrected chi connectivity index (χ1v) is 8.80. The Kier molecular flexibility index (Phi) is 4.43. The van der Waals surface area contributed by atoms with E-state index < -0.39 is 15.9 Å². The van der Waals surface area contributed by atoms with Gasteiger partial charge in [-0.2, -0.15) is 0 Å². The zero-order chi connectivity index (χ0) is 18.0. The largest absolute Gasteiger partial charge is 0.496 e. The molecule has 2 aromatic carbocycles. The molecule has 9 heteroatoms. The molecule has 0 fully saturated rings. The Bertz CT molecular complexity index is 1010. The van der Waals surface area contributed by atoms with Crippen molar-refractivity contribution in [1.29, 1.82) is 0 Å². The lowest BCUT2D eigenvalue weighted by atomic mass is 10.2. The van der Waals surface area contributed by atoms with Gasteiger partial charge in [-0.1, -0.05) is 12.1 Å². The molecule has 0 unspecified atom stereocenters. The number of benzene rings is 2. The summed E-state index contributed by atoms with van der Waals surface area (Å²) in [6, 6.07) is 11.3. The van der Waals surface area contributed by atoms with Crippen LogP contribution >= 0.6 is 0 Å². The fraction of sp³-hybridized carbons (Fsp3) is 0.125. The van der Waals surface area contributed by atoms with Crippen LogP contribution in [0.3, 0.4) is 0 Å². The van der Waals surface area contributed by atoms with E-state index in [0.717, 1.165) is 11.0 Å². The molecule has 1 amide bonds. The maximum absolute atomic E-state index is 12.4. The van der Waals surface area contributed by atoms with Gasteiger partial charge < -0.3 is 15.5 Å². The van der Waals surface area contributed by atoms with Crippen molar-refractivity contribution < 1.29 is 17.9 Å². The summed E-state index contributed by atoms with van der Waals surface area (Å²) in [4.78, 5) is 18.7. The number of nitrogens with zero attached hydrogens (tertiary/aromatic N) is 1. The van der Waals surface area contributed by atoms with Gasteiger partial charge in [0.25, 0.3) is 5.91 Å². The van der Waals surface area contributed by atoms with Crippen LogP contribution in [0.5, 0.6) is 5.75 Å². The third-order valence-corrected chi connectivity index (χ3v) is 5.01. The zero-order valence-electron chi connectivity index (χ0n) is 13.3. The molecule has 1 aromatic heterocycles. The van der Waals surface area contributed by atoms with Gasteiger partial charge in [0, 0.05) is 0 Å². The first-order valence-electron chi connectivity index (χ1n) is 7.32. The van der Waals surface area contributed by atoms with E-state index in [-0.39, 0.29) is 22.8 Å². The summed E-state index contributed by atoms with van der Waals surface area (Å²) in [6.45, 7) is -0.0189. The van der Waals surface area contributed by atoms with Crippen molar-refractivity contribution >= 4 is 27.0 Å². The molecule has 1 heterocycles. The number of nitrogens with two attached hydrogens (primary N) is 1. The molecule has 25 heavy (non-hydrogen) atoms. The third-order valence-electron chi connectivity index (χ3n) is 3.61. The van der Waals surface area contributed by atoms with E-state index in [1.807, 2.05) is 24.3 Å². The van der Waals surface area contributed by atoms with Crippen LogP contribution in [0.2, 0.25) is 0 Å². The lowest BCUT2D eigenvalue weighted by molar-refractivity contribution is 0.0997. The summed E-state index contributed by atoms with van der Waals surface area (Å²) in [5.41, 5.74) is 6.82. The average molecular weight is 360 g/mol. The predicted molar refractivity (Wildman–Crippen MR) is 91.6 cm³/mol. The van der Waals surface area contributed by atoms with Crippen LogP contribution in [0.25, 0.3) is 11.0 Å². The Balaban J connectivity index is 1.84. The topological polar surface area (TPSA) is 127 Å². The quantitative estimate of drug-likeness (QED) is 0.608. The smallest absolute Gasteiger partial charge is 0.252 e. The van der Waals surface area contributed by atoms with E-state index in [1.54, 1.807) is 0 Å². The van der Waals surface area contributed by atoms with Gasteiger partial charge in [0.1, 0.15) is 11.6 Å². The number of ether oxygens (including phenoxy) is 1. The van der Waals surface area contributed by atoms with Crippen molar-refractivity contribution in [3.05, 3.63) is 53.9 Å². The molecule has 0 bridgehead atoms. The first kappa shape index (κ1) is 16.9. The molecule has 4 N–H and O–H groups in total. The van der Waals surface area contributed by atoms with Gasteiger partial charge in [0.15, 0.2) is 0 Å². The van der Waals surface area contributed by atoms with Gasteiger partial charge >= 0.3 is 0 Å². The monoisotopic (exact) mass is 360 g/mol. The molecule has 0 aliphatic rings. The van der Waals surface area contributed by atoms with Crippen molar-refractivity contribution in [2.24, 2.45) is 5.73 Å². The van der Waals surface area contributed by atoms with Crippen LogP contribution in [0.15, 0.2) is 47.4 Å². The number of amides is 1. The van der Waals surface area contributed by atoms with Crippen LogP contribution in [-0.2, 0) is 16.6 Å². The number of hydrogen-bond donors (Lipinski definition) is 3. The van der Waals surface area contributed by atoms with Crippen molar-refractivity contribution in [2.45, 2.75) is 11.4 Å². The summed E-state index contributed by atoms with van der Waals surface area (Å²) in [6.07, 6.45) is 0. The SMILES string of the molecule is COc1ccc(S(=O)(=O)NCc2nc3ccccc3[nH]2)cc1C(N)=O. The van der Waals surface area contributed by atoms with Gasteiger partial charge in [-0.05, 0) is 30.3 Å². The average Bonchev–Trinajstić information content (AvgIpc) is 3.02. The minimum Gasteiger partial charge on any atom is -0.496 e. The van der Waals surface area contributed by atoms with Gasteiger partial charge in [0.2, 0.25) is 10.0 Å². The molecule has 3 aromatic rings. The van der Waals surface area contributed by atoms with Crippen LogP contribution < -0.4 is 15.2 Å². The maximum Gasteiger partial charge on any atom is 0.252 e. The van der Waals surface area contributed by atoms with E-state index in [4.69, 9.17) is 10.5 Å². The van der Waals surface area contributed by atoms with Gasteiger partial charge in [-0.25, -0.2) is 18.1 Å². The number of hydrogen-bond acceptors (Lipinski definition) is 5. The summed E-state index contributed by atoms with van der Waals surface area (Å²) in [5.74, 6) is -0.0803. The number of para-hydroxylation sites is 2. The van der Waals surface area contributed by atoms with E-state index in [1.165, 1.54) is 25.3 Å². The molecule has 3 rings (SSSR count). The fourth-order valence-electron chi connectivity index (χ4n) is 2.38. The number of imidazole rings is 1. The summed E-state index contributed by atoms with van der Waals surface area (Å²) >= 11 is 0. The van der Waals surface area contributed by atoms with Crippen LogP contribution in [0, 0.1) is 0 Å². The Morgan fingerprint density at radius 3 is 2.72 bits per heavy atom. The number of nitrogens with one attached hydrogen (secondary N) is 2. The minimum atomic E-state index is -3.85. The predicted octanol–water partition coefficient (Wildman–Crippen LogP) is 1.15. The highest BCUT2D eigenvalue weighted by Gasteiger charge is 2.19. The standard InChI is InChI=1S/C16H16N4O4S/c1-24-14-7-6-10(8-11(14)16(17)21)25(22,23)18-9-15-19-12-4-2-3-5-13(12)20-15/h2-8,18H,9H2,1H3,(H2,17,21)(H,19,20). The van der Waals surface area contributed by atoms with Crippen molar-refractivity contribution in [3.63, 3.8) is 0 Å². The molecule has 0 saturated carbocycles. The molecule has 0 spiro atoms. The molecular formula is C16H16N4O4S. The summed E-state index contributed by atoms with van der Waals surface area (Å²) in [7, 11) is -2.48. The molecule has 0 atom stereocenters. The Morgan fingerprint density at radius 1 is 1.28 bits per heavy atom. The van der Waals surface area contributed by atoms with Gasteiger partial charge in [-0.3, -0.25) is 4.79 Å². The van der Waals surface area contributed by atoms with E-state index in [2.05, 4.69) is 14.7 Å². The van der Waals surface area contributed by atoms with Crippen molar-refractivity contribution in [3.8, 4) is 5.75 Å². The number of carbonyl (C=O) groups excluding carboxylic acids is 1. The minimum absolute atomic E-state index is 0.00545. The number of H-pyrrole nitrogens is 1. The second-order valence-corrected chi connectivity index (χ2v) is 7.02. The highest BCUT2D eigenvalue weighted by molar-refractivity contribution is 7.89. The number of aromatic nitrogens is 2. The lowest BCUT2D eigenvalue weighted by Gasteiger charge is -2.09. The molecule has 130 valence electrons. The highest BCUT2D eigenvalue weighted by atomic mass is 32.2. The normalized spacial score (nSPS) is 11.6. The Hall–Kier alpha value is -2.91. The summed E-state index contributed by atoms with van der Waals surface area (Å²) in [5, 5.41) is 0. The summed E-state index contributed by atoms with van der Waals surface area (Å²) < 4.78 is 32.3. The van der Waals surface area contributed by atoms with Crippen LogP contribution in [0.4, 0.5) is 0 Å². The van der Waals surface area contributed by atoms with Crippen LogP contribution in [-0.4, -0.2) is 31.4 Å². The van der Waals surface area contributed by atoms with Crippen molar-refractivity contribution in [1.82, 2.24) is 14.7 Å². The van der Waals surface area contributed by atoms with Crippen molar-refractivity contribution in [2.75, 3.05) is 7.11 Å². The second-order valence-electron chi connectivity index (χ2n) is 5.25. The van der Waals surface area contributed by atoms with E-state index in [0.29, 0.717) is 5.82 Å². The zero-order valence-corrected chi connectivity index (χ0v) is 14.1. The van der Waals surface area contributed by atoms with Crippen LogP contribution in [0.1, 0.15) is 16.2 Å². The van der Waals surface area contributed by atoms with Gasteiger partial charge in [-0.15, -0.1) is 0 Å². The Morgan fingerprint density at radius 2 is 2.04 bits per heavy atom. The number of methoxy groups -OCH3 is 1. The number of carbonyl (C=O) groups is 1. The highest BCUT2D eigenvalue weighted by Crippen LogP contribution is 2.22. The number of rotatable bonds is 6. The molecular weight excluding hydrogens is 344 g/mol. The number of primary amides is 1. The number of sulfonamides is 1. The number of fused-ring (bicyclic) bond motifs is 1. The van der Waals surface area contributed by atoms with E-state index >= 15 is 0 Å².